The zero-order chi connectivity index (χ0) is 18.0. The van der Waals surface area contributed by atoms with Crippen LogP contribution in [0.1, 0.15) is 22.5 Å². The number of benzene rings is 1. The fourth-order valence-electron chi connectivity index (χ4n) is 2.83. The van der Waals surface area contributed by atoms with Crippen molar-refractivity contribution in [3.8, 4) is 5.75 Å². The predicted octanol–water partition coefficient (Wildman–Crippen LogP) is 1.30. The lowest BCUT2D eigenvalue weighted by Gasteiger charge is -2.17. The number of carbonyl (C=O) groups is 2. The second kappa shape index (κ2) is 7.06. The standard InChI is InChI=1S/C18H20N2O5/c1-11-3-4-13-14(7-11)19-15(18(23)24-2)8-16(13)25-10-17(22)20-6-5-12(21)9-20/h3-4,7-8,12,21H,5-6,9-10H2,1-2H3. The molecule has 7 heteroatoms. The summed E-state index contributed by atoms with van der Waals surface area (Å²) in [4.78, 5) is 29.9. The van der Waals surface area contributed by atoms with E-state index in [1.807, 2.05) is 25.1 Å². The van der Waals surface area contributed by atoms with Gasteiger partial charge in [-0.05, 0) is 31.0 Å². The third-order valence-electron chi connectivity index (χ3n) is 4.19. The molecule has 0 bridgehead atoms. The van der Waals surface area contributed by atoms with Gasteiger partial charge in [-0.15, -0.1) is 0 Å². The predicted molar refractivity (Wildman–Crippen MR) is 90.5 cm³/mol. The normalized spacial score (nSPS) is 16.9. The number of fused-ring (bicyclic) bond motifs is 1. The second-order valence-corrected chi connectivity index (χ2v) is 6.09. The Bertz CT molecular complexity index is 820. The zero-order valence-electron chi connectivity index (χ0n) is 14.2. The lowest BCUT2D eigenvalue weighted by atomic mass is 10.1. The van der Waals surface area contributed by atoms with E-state index in [4.69, 9.17) is 9.47 Å². The molecule has 1 aromatic carbocycles. The Hall–Kier alpha value is -2.67. The van der Waals surface area contributed by atoms with Crippen molar-refractivity contribution >= 4 is 22.8 Å². The molecule has 2 heterocycles. The number of pyridine rings is 1. The number of esters is 1. The minimum absolute atomic E-state index is 0.125. The third-order valence-corrected chi connectivity index (χ3v) is 4.19. The van der Waals surface area contributed by atoms with E-state index in [9.17, 15) is 14.7 Å². The van der Waals surface area contributed by atoms with Gasteiger partial charge in [0.05, 0.1) is 18.7 Å². The maximum atomic E-state index is 12.2. The molecule has 132 valence electrons. The molecule has 25 heavy (non-hydrogen) atoms. The summed E-state index contributed by atoms with van der Waals surface area (Å²) in [5, 5.41) is 10.2. The molecule has 1 aliphatic rings. The molecule has 3 rings (SSSR count). The third kappa shape index (κ3) is 3.71. The number of nitrogens with zero attached hydrogens (tertiary/aromatic N) is 2. The summed E-state index contributed by atoms with van der Waals surface area (Å²) >= 11 is 0. The van der Waals surface area contributed by atoms with Gasteiger partial charge in [0.25, 0.3) is 5.91 Å². The van der Waals surface area contributed by atoms with Crippen LogP contribution in [0.2, 0.25) is 0 Å². The van der Waals surface area contributed by atoms with E-state index in [2.05, 4.69) is 4.98 Å². The van der Waals surface area contributed by atoms with E-state index >= 15 is 0 Å². The minimum Gasteiger partial charge on any atom is -0.483 e. The van der Waals surface area contributed by atoms with Crippen LogP contribution in [0.3, 0.4) is 0 Å². The summed E-state index contributed by atoms with van der Waals surface area (Å²) in [5.74, 6) is -0.367. The molecule has 0 spiro atoms. The van der Waals surface area contributed by atoms with Gasteiger partial charge in [-0.1, -0.05) is 6.07 Å². The van der Waals surface area contributed by atoms with E-state index in [-0.39, 0.29) is 18.2 Å². The van der Waals surface area contributed by atoms with Crippen LogP contribution in [0.5, 0.6) is 5.75 Å². The SMILES string of the molecule is COC(=O)c1cc(OCC(=O)N2CCC(O)C2)c2ccc(C)cc2n1. The van der Waals surface area contributed by atoms with E-state index in [1.54, 1.807) is 4.90 Å². The van der Waals surface area contributed by atoms with Crippen molar-refractivity contribution in [1.82, 2.24) is 9.88 Å². The fourth-order valence-corrected chi connectivity index (χ4v) is 2.83. The van der Waals surface area contributed by atoms with Crippen molar-refractivity contribution in [3.05, 3.63) is 35.5 Å². The molecule has 2 aromatic rings. The van der Waals surface area contributed by atoms with Gasteiger partial charge in [-0.3, -0.25) is 4.79 Å². The fraction of sp³-hybridized carbons (Fsp3) is 0.389. The molecule has 1 fully saturated rings. The van der Waals surface area contributed by atoms with Crippen molar-refractivity contribution in [1.29, 1.82) is 0 Å². The van der Waals surface area contributed by atoms with Gasteiger partial charge in [-0.25, -0.2) is 9.78 Å². The molecule has 1 unspecified atom stereocenters. The molecule has 1 aromatic heterocycles. The van der Waals surface area contributed by atoms with Gasteiger partial charge in [-0.2, -0.15) is 0 Å². The number of amides is 1. The number of aryl methyl sites for hydroxylation is 1. The first-order chi connectivity index (χ1) is 12.0. The van der Waals surface area contributed by atoms with E-state index in [1.165, 1.54) is 13.2 Å². The van der Waals surface area contributed by atoms with Crippen molar-refractivity contribution in [2.24, 2.45) is 0 Å². The Kier molecular flexibility index (Phi) is 4.85. The number of rotatable bonds is 4. The quantitative estimate of drug-likeness (QED) is 0.841. The Morgan fingerprint density at radius 3 is 2.84 bits per heavy atom. The molecule has 7 nitrogen and oxygen atoms in total. The van der Waals surface area contributed by atoms with Crippen LogP contribution in [0.15, 0.2) is 24.3 Å². The summed E-state index contributed by atoms with van der Waals surface area (Å²) < 4.78 is 10.4. The number of hydrogen-bond donors (Lipinski definition) is 1. The highest BCUT2D eigenvalue weighted by molar-refractivity contribution is 5.94. The number of likely N-dealkylation sites (tertiary alicyclic amines) is 1. The Labute approximate surface area is 145 Å². The summed E-state index contributed by atoms with van der Waals surface area (Å²) in [7, 11) is 1.28. The molecule has 0 aliphatic carbocycles. The monoisotopic (exact) mass is 344 g/mol. The molecular weight excluding hydrogens is 324 g/mol. The van der Waals surface area contributed by atoms with Crippen LogP contribution in [0, 0.1) is 6.92 Å². The molecule has 1 saturated heterocycles. The second-order valence-electron chi connectivity index (χ2n) is 6.09. The number of aliphatic hydroxyl groups is 1. The lowest BCUT2D eigenvalue weighted by molar-refractivity contribution is -0.132. The van der Waals surface area contributed by atoms with Crippen LogP contribution >= 0.6 is 0 Å². The highest BCUT2D eigenvalue weighted by atomic mass is 16.5. The number of ether oxygens (including phenoxy) is 2. The van der Waals surface area contributed by atoms with Crippen molar-refractivity contribution in [2.45, 2.75) is 19.4 Å². The largest absolute Gasteiger partial charge is 0.483 e. The summed E-state index contributed by atoms with van der Waals surface area (Å²) in [5.41, 5.74) is 1.72. The topological polar surface area (TPSA) is 89.0 Å². The Morgan fingerprint density at radius 1 is 1.36 bits per heavy atom. The van der Waals surface area contributed by atoms with Crippen molar-refractivity contribution in [2.75, 3.05) is 26.8 Å². The van der Waals surface area contributed by atoms with Gasteiger partial charge in [0.1, 0.15) is 5.75 Å². The molecule has 0 saturated carbocycles. The first-order valence-electron chi connectivity index (χ1n) is 8.06. The Balaban J connectivity index is 1.86. The number of aliphatic hydroxyl groups excluding tert-OH is 1. The summed E-state index contributed by atoms with van der Waals surface area (Å²) in [6, 6.07) is 7.08. The van der Waals surface area contributed by atoms with Gasteiger partial charge in [0, 0.05) is 24.5 Å². The summed E-state index contributed by atoms with van der Waals surface area (Å²) in [6.45, 7) is 2.61. The number of carbonyl (C=O) groups excluding carboxylic acids is 2. The van der Waals surface area contributed by atoms with E-state index in [0.717, 1.165) is 5.56 Å². The molecule has 1 N–H and O–H groups in total. The minimum atomic E-state index is -0.567. The number of hydrogen-bond acceptors (Lipinski definition) is 6. The highest BCUT2D eigenvalue weighted by Crippen LogP contribution is 2.27. The molecule has 1 atom stereocenters. The maximum Gasteiger partial charge on any atom is 0.356 e. The Morgan fingerprint density at radius 2 is 2.16 bits per heavy atom. The average molecular weight is 344 g/mol. The molecule has 1 aliphatic heterocycles. The van der Waals surface area contributed by atoms with Crippen LogP contribution < -0.4 is 4.74 Å². The summed E-state index contributed by atoms with van der Waals surface area (Å²) in [6.07, 6.45) is 0.106. The first kappa shape index (κ1) is 17.2. The number of methoxy groups -OCH3 is 1. The van der Waals surface area contributed by atoms with Crippen LogP contribution in [-0.2, 0) is 9.53 Å². The van der Waals surface area contributed by atoms with Crippen LogP contribution in [0.25, 0.3) is 10.9 Å². The number of β-amino-alcohol motifs (C(OH)–C–C–N with tert-alkyl or cyclic N) is 1. The molecule has 1 amide bonds. The van der Waals surface area contributed by atoms with Crippen molar-refractivity contribution < 1.29 is 24.2 Å². The molecular formula is C18H20N2O5. The first-order valence-corrected chi connectivity index (χ1v) is 8.06. The highest BCUT2D eigenvalue weighted by Gasteiger charge is 2.25. The lowest BCUT2D eigenvalue weighted by Crippen LogP contribution is -2.33. The average Bonchev–Trinajstić information content (AvgIpc) is 3.04. The van der Waals surface area contributed by atoms with Crippen LogP contribution in [-0.4, -0.2) is 59.8 Å². The van der Waals surface area contributed by atoms with Gasteiger partial charge in [0.2, 0.25) is 0 Å². The van der Waals surface area contributed by atoms with Gasteiger partial charge >= 0.3 is 5.97 Å². The maximum absolute atomic E-state index is 12.2. The molecule has 0 radical (unpaired) electrons. The van der Waals surface area contributed by atoms with E-state index in [0.29, 0.717) is 36.2 Å². The van der Waals surface area contributed by atoms with Crippen molar-refractivity contribution in [3.63, 3.8) is 0 Å². The van der Waals surface area contributed by atoms with E-state index < -0.39 is 12.1 Å². The van der Waals surface area contributed by atoms with Gasteiger partial charge in [0.15, 0.2) is 12.3 Å². The number of aromatic nitrogens is 1. The zero-order valence-corrected chi connectivity index (χ0v) is 14.2. The van der Waals surface area contributed by atoms with Gasteiger partial charge < -0.3 is 19.5 Å². The smallest absolute Gasteiger partial charge is 0.356 e. The van der Waals surface area contributed by atoms with Crippen LogP contribution in [0.4, 0.5) is 0 Å².